The van der Waals surface area contributed by atoms with Gasteiger partial charge < -0.3 is 18.9 Å². The van der Waals surface area contributed by atoms with Gasteiger partial charge in [-0.15, -0.1) is 11.8 Å². The fourth-order valence-corrected chi connectivity index (χ4v) is 3.81. The lowest BCUT2D eigenvalue weighted by Crippen LogP contribution is -2.43. The van der Waals surface area contributed by atoms with E-state index in [1.165, 1.54) is 43.6 Å². The van der Waals surface area contributed by atoms with E-state index in [9.17, 15) is 27.6 Å². The van der Waals surface area contributed by atoms with E-state index < -0.39 is 29.5 Å². The Balaban J connectivity index is 1.71. The molecule has 0 saturated heterocycles. The van der Waals surface area contributed by atoms with Crippen molar-refractivity contribution in [3.63, 3.8) is 0 Å². The summed E-state index contributed by atoms with van der Waals surface area (Å²) < 4.78 is 57.8. The molecule has 206 valence electrons. The van der Waals surface area contributed by atoms with Crippen LogP contribution in [0.2, 0.25) is 0 Å². The molecule has 0 bridgehead atoms. The lowest BCUT2D eigenvalue weighted by atomic mass is 10.0. The summed E-state index contributed by atoms with van der Waals surface area (Å²) in [5.41, 5.74) is -1.95. The van der Waals surface area contributed by atoms with E-state index in [1.54, 1.807) is 11.8 Å². The zero-order chi connectivity index (χ0) is 28.6. The number of esters is 2. The van der Waals surface area contributed by atoms with Gasteiger partial charge in [0.2, 0.25) is 11.5 Å². The molecule has 39 heavy (non-hydrogen) atoms. The topological polar surface area (TPSA) is 101 Å². The Hall–Kier alpha value is -4.06. The van der Waals surface area contributed by atoms with Gasteiger partial charge in [0.25, 0.3) is 0 Å². The fourth-order valence-electron chi connectivity index (χ4n) is 3.06. The van der Waals surface area contributed by atoms with Crippen LogP contribution >= 0.6 is 11.8 Å². The highest BCUT2D eigenvalue weighted by Gasteiger charge is 2.45. The van der Waals surface area contributed by atoms with Crippen molar-refractivity contribution in [2.24, 2.45) is 0 Å². The monoisotopic (exact) mass is 563 g/mol. The van der Waals surface area contributed by atoms with Gasteiger partial charge in [-0.25, -0.2) is 14.6 Å². The number of nitrogens with zero attached hydrogens (tertiary/aromatic N) is 1. The van der Waals surface area contributed by atoms with Crippen LogP contribution in [0, 0.1) is 0 Å². The highest BCUT2D eigenvalue weighted by molar-refractivity contribution is 7.99. The number of alkyl halides is 3. The first kappa shape index (κ1) is 29.5. The minimum Gasteiger partial charge on any atom is -0.497 e. The predicted octanol–water partition coefficient (Wildman–Crippen LogP) is 5.28. The Morgan fingerprint density at radius 3 is 2.28 bits per heavy atom. The summed E-state index contributed by atoms with van der Waals surface area (Å²) in [6.07, 6.45) is -4.07. The van der Waals surface area contributed by atoms with Crippen LogP contribution in [-0.4, -0.2) is 54.0 Å². The number of carbonyl (C=O) groups is 3. The third-order valence-electron chi connectivity index (χ3n) is 5.05. The van der Waals surface area contributed by atoms with Crippen LogP contribution in [0.4, 0.5) is 13.2 Å². The van der Waals surface area contributed by atoms with Crippen molar-refractivity contribution in [1.82, 2.24) is 4.98 Å². The lowest BCUT2D eigenvalue weighted by molar-refractivity contribution is -0.206. The molecular weight excluding hydrogens is 539 g/mol. The molecule has 0 N–H and O–H groups in total. The first-order chi connectivity index (χ1) is 18.4. The van der Waals surface area contributed by atoms with Crippen molar-refractivity contribution in [3.05, 3.63) is 78.0 Å². The van der Waals surface area contributed by atoms with E-state index in [-0.39, 0.29) is 22.6 Å². The predicted molar refractivity (Wildman–Crippen MR) is 135 cm³/mol. The van der Waals surface area contributed by atoms with Crippen molar-refractivity contribution in [3.8, 4) is 17.4 Å². The maximum Gasteiger partial charge on any atom is 0.491 e. The van der Waals surface area contributed by atoms with Crippen LogP contribution in [0.25, 0.3) is 0 Å². The molecule has 0 aliphatic heterocycles. The molecule has 0 radical (unpaired) electrons. The van der Waals surface area contributed by atoms with Gasteiger partial charge in [-0.1, -0.05) is 18.2 Å². The molecule has 1 aromatic heterocycles. The molecule has 1 heterocycles. The molecule has 0 aliphatic rings. The number of rotatable bonds is 11. The van der Waals surface area contributed by atoms with Gasteiger partial charge >= 0.3 is 18.1 Å². The highest BCUT2D eigenvalue weighted by atomic mass is 32.2. The molecule has 0 amide bonds. The number of hydrogen-bond acceptors (Lipinski definition) is 9. The fraction of sp³-hybridized carbons (Fsp3) is 0.259. The number of benzene rings is 2. The number of aromatic nitrogens is 1. The quantitative estimate of drug-likeness (QED) is 0.101. The number of ketones is 1. The Kier molecular flexibility index (Phi) is 9.57. The second kappa shape index (κ2) is 12.7. The van der Waals surface area contributed by atoms with Gasteiger partial charge in [-0.3, -0.25) is 4.79 Å². The Bertz CT molecular complexity index is 1310. The number of halogens is 3. The largest absolute Gasteiger partial charge is 0.497 e. The van der Waals surface area contributed by atoms with Crippen LogP contribution in [0.3, 0.4) is 0 Å². The van der Waals surface area contributed by atoms with Crippen LogP contribution in [0.15, 0.2) is 71.8 Å². The number of hydrogen-bond donors (Lipinski definition) is 0. The van der Waals surface area contributed by atoms with Crippen molar-refractivity contribution < 1.29 is 46.5 Å². The Labute approximate surface area is 226 Å². The third kappa shape index (κ3) is 8.21. The number of methoxy groups -OCH3 is 1. The van der Waals surface area contributed by atoms with Crippen molar-refractivity contribution in [2.75, 3.05) is 19.5 Å². The summed E-state index contributed by atoms with van der Waals surface area (Å²) in [6.45, 7) is 2.57. The minimum absolute atomic E-state index is 0.0337. The summed E-state index contributed by atoms with van der Waals surface area (Å²) in [7, 11) is 1.35. The molecule has 8 nitrogen and oxygen atoms in total. The molecule has 0 aliphatic carbocycles. The second-order valence-corrected chi connectivity index (χ2v) is 9.54. The number of ether oxygens (including phenoxy) is 4. The lowest BCUT2D eigenvalue weighted by Gasteiger charge is -2.25. The zero-order valence-electron chi connectivity index (χ0n) is 21.1. The van der Waals surface area contributed by atoms with Gasteiger partial charge in [0.15, 0.2) is 5.78 Å². The molecule has 0 saturated carbocycles. The van der Waals surface area contributed by atoms with Crippen molar-refractivity contribution in [2.45, 2.75) is 30.5 Å². The van der Waals surface area contributed by atoms with Crippen LogP contribution in [0.1, 0.15) is 29.8 Å². The van der Waals surface area contributed by atoms with E-state index in [4.69, 9.17) is 14.2 Å². The average Bonchev–Trinajstić information content (AvgIpc) is 2.90. The smallest absolute Gasteiger partial charge is 0.491 e. The molecule has 3 aromatic rings. The molecule has 0 spiro atoms. The maximum atomic E-state index is 13.2. The van der Waals surface area contributed by atoms with E-state index in [0.29, 0.717) is 18.2 Å². The number of pyridine rings is 1. The van der Waals surface area contributed by atoms with Gasteiger partial charge in [0, 0.05) is 34.5 Å². The van der Waals surface area contributed by atoms with Gasteiger partial charge in [0.05, 0.1) is 19.3 Å². The minimum atomic E-state index is -5.37. The number of thioether (sulfide) groups is 1. The first-order valence-corrected chi connectivity index (χ1v) is 12.4. The second-order valence-electron chi connectivity index (χ2n) is 8.37. The third-order valence-corrected chi connectivity index (χ3v) is 6.03. The molecule has 3 rings (SSSR count). The zero-order valence-corrected chi connectivity index (χ0v) is 21.9. The summed E-state index contributed by atoms with van der Waals surface area (Å²) in [5.74, 6) is -3.78. The van der Waals surface area contributed by atoms with Gasteiger partial charge in [-0.05, 0) is 44.2 Å². The Morgan fingerprint density at radius 2 is 1.67 bits per heavy atom. The summed E-state index contributed by atoms with van der Waals surface area (Å²) in [4.78, 5) is 41.8. The van der Waals surface area contributed by atoms with E-state index in [2.05, 4.69) is 9.72 Å². The molecular formula is C27H24F3NO7S. The summed E-state index contributed by atoms with van der Waals surface area (Å²) in [5, 5.41) is 0. The first-order valence-electron chi connectivity index (χ1n) is 11.4. The van der Waals surface area contributed by atoms with E-state index >= 15 is 0 Å². The Morgan fingerprint density at radius 1 is 0.949 bits per heavy atom. The summed E-state index contributed by atoms with van der Waals surface area (Å²) >= 11 is 1.62. The average molecular weight is 564 g/mol. The standard InChI is InChI=1S/C27H24F3NO7S/c1-26(2,24(33)37-25(34)27(28,29)30)38-21-15-18(35-3)10-11-20(21)23(32)17-9-12-22(31-16-17)36-13-14-39-19-7-5-4-6-8-19/h4-12,15-16H,13-14H2,1-3H3. The normalized spacial score (nSPS) is 11.4. The molecule has 2 aromatic carbocycles. The van der Waals surface area contributed by atoms with Crippen LogP contribution in [-0.2, 0) is 14.3 Å². The highest BCUT2D eigenvalue weighted by Crippen LogP contribution is 2.31. The van der Waals surface area contributed by atoms with Crippen molar-refractivity contribution in [1.29, 1.82) is 0 Å². The molecule has 12 heteroatoms. The van der Waals surface area contributed by atoms with Crippen LogP contribution < -0.4 is 14.2 Å². The SMILES string of the molecule is COc1ccc(C(=O)c2ccc(OCCSc3ccccc3)nc2)c(OC(C)(C)C(=O)OC(=O)C(F)(F)F)c1. The molecule has 0 atom stereocenters. The maximum absolute atomic E-state index is 13.2. The van der Waals surface area contributed by atoms with E-state index in [0.717, 1.165) is 18.7 Å². The molecule has 0 fully saturated rings. The van der Waals surface area contributed by atoms with Crippen molar-refractivity contribution >= 4 is 29.5 Å². The van der Waals surface area contributed by atoms with Crippen LogP contribution in [0.5, 0.6) is 17.4 Å². The summed E-state index contributed by atoms with van der Waals surface area (Å²) in [6, 6.07) is 16.9. The number of carbonyl (C=O) groups excluding carboxylic acids is 3. The van der Waals surface area contributed by atoms with Gasteiger partial charge in [0.1, 0.15) is 11.5 Å². The van der Waals surface area contributed by atoms with Gasteiger partial charge in [-0.2, -0.15) is 13.2 Å². The molecule has 0 unspecified atom stereocenters. The van der Waals surface area contributed by atoms with E-state index in [1.807, 2.05) is 30.3 Å².